The van der Waals surface area contributed by atoms with Crippen molar-refractivity contribution in [2.75, 3.05) is 13.2 Å². The molecule has 1 atom stereocenters. The Bertz CT molecular complexity index is 266. The molecule has 16 heavy (non-hydrogen) atoms. The van der Waals surface area contributed by atoms with Crippen LogP contribution in [0.1, 0.15) is 26.2 Å². The maximum absolute atomic E-state index is 11.7. The van der Waals surface area contributed by atoms with E-state index in [0.717, 1.165) is 12.8 Å². The van der Waals surface area contributed by atoms with Gasteiger partial charge in [0.1, 0.15) is 6.04 Å². The first-order valence-electron chi connectivity index (χ1n) is 5.51. The molecule has 0 bridgehead atoms. The summed E-state index contributed by atoms with van der Waals surface area (Å²) < 4.78 is 0. The molecule has 1 unspecified atom stereocenters. The van der Waals surface area contributed by atoms with E-state index in [1.165, 1.54) is 4.90 Å². The van der Waals surface area contributed by atoms with E-state index in [-0.39, 0.29) is 19.2 Å². The summed E-state index contributed by atoms with van der Waals surface area (Å²) in [6, 6.07) is -1.09. The largest absolute Gasteiger partial charge is 0.480 e. The van der Waals surface area contributed by atoms with E-state index in [1.54, 1.807) is 6.92 Å². The number of urea groups is 1. The fraction of sp³-hybridized carbons (Fsp3) is 0.800. The second-order valence-corrected chi connectivity index (χ2v) is 3.90. The van der Waals surface area contributed by atoms with Crippen molar-refractivity contribution in [3.8, 4) is 0 Å². The van der Waals surface area contributed by atoms with Crippen LogP contribution < -0.4 is 5.32 Å². The zero-order chi connectivity index (χ0) is 12.1. The summed E-state index contributed by atoms with van der Waals surface area (Å²) in [5, 5.41) is 20.1. The Balaban J connectivity index is 2.50. The number of aliphatic hydroxyl groups is 1. The van der Waals surface area contributed by atoms with Gasteiger partial charge in [-0.05, 0) is 19.3 Å². The molecule has 2 amide bonds. The van der Waals surface area contributed by atoms with Crippen molar-refractivity contribution in [1.29, 1.82) is 0 Å². The lowest BCUT2D eigenvalue weighted by Crippen LogP contribution is -2.49. The average Bonchev–Trinajstić information content (AvgIpc) is 3.05. The molecule has 0 aromatic heterocycles. The van der Waals surface area contributed by atoms with Crippen LogP contribution in [0.25, 0.3) is 0 Å². The number of carboxylic acid groups (broad SMARTS) is 1. The third kappa shape index (κ3) is 3.37. The zero-order valence-electron chi connectivity index (χ0n) is 9.35. The Morgan fingerprint density at radius 1 is 1.50 bits per heavy atom. The van der Waals surface area contributed by atoms with Crippen molar-refractivity contribution < 1.29 is 19.8 Å². The first kappa shape index (κ1) is 12.8. The van der Waals surface area contributed by atoms with Gasteiger partial charge in [0.25, 0.3) is 0 Å². The molecule has 0 radical (unpaired) electrons. The molecule has 1 aliphatic rings. The normalized spacial score (nSPS) is 16.6. The number of nitrogens with one attached hydrogen (secondary N) is 1. The first-order valence-corrected chi connectivity index (χ1v) is 5.51. The van der Waals surface area contributed by atoms with Crippen molar-refractivity contribution >= 4 is 12.0 Å². The maximum atomic E-state index is 11.7. The van der Waals surface area contributed by atoms with E-state index in [1.807, 2.05) is 0 Å². The molecule has 0 aromatic carbocycles. The van der Waals surface area contributed by atoms with Crippen LogP contribution in [0, 0.1) is 0 Å². The van der Waals surface area contributed by atoms with Gasteiger partial charge in [0, 0.05) is 12.6 Å². The SMILES string of the molecule is CCC(NC(=O)N(CCO)C1CC1)C(=O)O. The fourth-order valence-corrected chi connectivity index (χ4v) is 1.51. The summed E-state index contributed by atoms with van der Waals surface area (Å²) in [4.78, 5) is 24.0. The van der Waals surface area contributed by atoms with Gasteiger partial charge in [0.15, 0.2) is 0 Å². The molecule has 1 aliphatic carbocycles. The monoisotopic (exact) mass is 230 g/mol. The highest BCUT2D eigenvalue weighted by Gasteiger charge is 2.33. The van der Waals surface area contributed by atoms with Crippen LogP contribution in [0.4, 0.5) is 4.79 Å². The lowest BCUT2D eigenvalue weighted by molar-refractivity contribution is -0.139. The minimum atomic E-state index is -1.03. The van der Waals surface area contributed by atoms with E-state index >= 15 is 0 Å². The van der Waals surface area contributed by atoms with Crippen LogP contribution in [0.3, 0.4) is 0 Å². The molecule has 3 N–H and O–H groups in total. The van der Waals surface area contributed by atoms with Gasteiger partial charge in [-0.1, -0.05) is 6.92 Å². The van der Waals surface area contributed by atoms with Crippen LogP contribution in [-0.2, 0) is 4.79 Å². The minimum absolute atomic E-state index is 0.103. The van der Waals surface area contributed by atoms with Gasteiger partial charge in [-0.25, -0.2) is 9.59 Å². The van der Waals surface area contributed by atoms with Gasteiger partial charge in [-0.2, -0.15) is 0 Å². The van der Waals surface area contributed by atoms with E-state index in [9.17, 15) is 9.59 Å². The number of carbonyl (C=O) groups is 2. The lowest BCUT2D eigenvalue weighted by Gasteiger charge is -2.23. The van der Waals surface area contributed by atoms with E-state index in [2.05, 4.69) is 5.32 Å². The van der Waals surface area contributed by atoms with E-state index in [0.29, 0.717) is 6.42 Å². The Labute approximate surface area is 94.2 Å². The number of hydrogen-bond acceptors (Lipinski definition) is 3. The molecule has 6 nitrogen and oxygen atoms in total. The number of aliphatic hydroxyl groups excluding tert-OH is 1. The number of nitrogens with zero attached hydrogens (tertiary/aromatic N) is 1. The molecule has 1 rings (SSSR count). The fourth-order valence-electron chi connectivity index (χ4n) is 1.51. The topological polar surface area (TPSA) is 89.9 Å². The number of amides is 2. The van der Waals surface area contributed by atoms with Gasteiger partial charge in [0.2, 0.25) is 0 Å². The number of carboxylic acids is 1. The zero-order valence-corrected chi connectivity index (χ0v) is 9.35. The molecule has 0 spiro atoms. The van der Waals surface area contributed by atoms with Gasteiger partial charge >= 0.3 is 12.0 Å². The van der Waals surface area contributed by atoms with E-state index in [4.69, 9.17) is 10.2 Å². The lowest BCUT2D eigenvalue weighted by atomic mass is 10.2. The quantitative estimate of drug-likeness (QED) is 0.600. The highest BCUT2D eigenvalue weighted by molar-refractivity contribution is 5.82. The van der Waals surface area contributed by atoms with Crippen molar-refractivity contribution in [3.63, 3.8) is 0 Å². The van der Waals surface area contributed by atoms with Crippen LogP contribution in [-0.4, -0.2) is 52.3 Å². The predicted octanol–water partition coefficient (Wildman–Crippen LogP) is 0.0159. The number of hydrogen-bond donors (Lipinski definition) is 3. The summed E-state index contributed by atoms with van der Waals surface area (Å²) in [6.45, 7) is 1.85. The standard InChI is InChI=1S/C10H18N2O4/c1-2-8(9(14)15)11-10(16)12(5-6-13)7-3-4-7/h7-8,13H,2-6H2,1H3,(H,11,16)(H,14,15). The summed E-state index contributed by atoms with van der Waals surface area (Å²) in [6.07, 6.45) is 2.20. The molecule has 0 saturated heterocycles. The molecule has 1 fully saturated rings. The third-order valence-electron chi connectivity index (χ3n) is 2.59. The Morgan fingerprint density at radius 2 is 2.12 bits per heavy atom. The Hall–Kier alpha value is -1.30. The first-order chi connectivity index (χ1) is 7.60. The Kier molecular flexibility index (Phi) is 4.54. The molecule has 1 saturated carbocycles. The van der Waals surface area contributed by atoms with Crippen LogP contribution in [0.5, 0.6) is 0 Å². The summed E-state index contributed by atoms with van der Waals surface area (Å²) in [7, 11) is 0. The highest BCUT2D eigenvalue weighted by atomic mass is 16.4. The van der Waals surface area contributed by atoms with Crippen LogP contribution in [0.2, 0.25) is 0 Å². The van der Waals surface area contributed by atoms with Gasteiger partial charge < -0.3 is 20.4 Å². The number of aliphatic carboxylic acids is 1. The minimum Gasteiger partial charge on any atom is -0.480 e. The second-order valence-electron chi connectivity index (χ2n) is 3.90. The smallest absolute Gasteiger partial charge is 0.326 e. The van der Waals surface area contributed by atoms with Crippen molar-refractivity contribution in [2.24, 2.45) is 0 Å². The van der Waals surface area contributed by atoms with Crippen molar-refractivity contribution in [2.45, 2.75) is 38.3 Å². The highest BCUT2D eigenvalue weighted by Crippen LogP contribution is 2.26. The molecule has 92 valence electrons. The molecule has 6 heteroatoms. The second kappa shape index (κ2) is 5.69. The molecular weight excluding hydrogens is 212 g/mol. The van der Waals surface area contributed by atoms with Crippen LogP contribution >= 0.6 is 0 Å². The van der Waals surface area contributed by atoms with Gasteiger partial charge in [-0.3, -0.25) is 0 Å². The van der Waals surface area contributed by atoms with Crippen molar-refractivity contribution in [1.82, 2.24) is 10.2 Å². The maximum Gasteiger partial charge on any atom is 0.326 e. The summed E-state index contributed by atoms with van der Waals surface area (Å²) in [5.41, 5.74) is 0. The van der Waals surface area contributed by atoms with Gasteiger partial charge in [0.05, 0.1) is 6.61 Å². The summed E-state index contributed by atoms with van der Waals surface area (Å²) >= 11 is 0. The van der Waals surface area contributed by atoms with Crippen LogP contribution in [0.15, 0.2) is 0 Å². The predicted molar refractivity (Wildman–Crippen MR) is 57.1 cm³/mol. The Morgan fingerprint density at radius 3 is 2.50 bits per heavy atom. The summed E-state index contributed by atoms with van der Waals surface area (Å²) in [5.74, 6) is -1.03. The molecule has 0 heterocycles. The molecule has 0 aliphatic heterocycles. The van der Waals surface area contributed by atoms with Crippen molar-refractivity contribution in [3.05, 3.63) is 0 Å². The average molecular weight is 230 g/mol. The third-order valence-corrected chi connectivity index (χ3v) is 2.59. The molecule has 0 aromatic rings. The van der Waals surface area contributed by atoms with E-state index < -0.39 is 18.0 Å². The molecular formula is C10H18N2O4. The number of carbonyl (C=O) groups excluding carboxylic acids is 1. The van der Waals surface area contributed by atoms with Gasteiger partial charge in [-0.15, -0.1) is 0 Å². The number of rotatable bonds is 6.